The van der Waals surface area contributed by atoms with Crippen molar-refractivity contribution in [1.29, 1.82) is 0 Å². The summed E-state index contributed by atoms with van der Waals surface area (Å²) in [6.45, 7) is 2.85. The number of rotatable bonds is 5. The molecule has 26 heavy (non-hydrogen) atoms. The van der Waals surface area contributed by atoms with Gasteiger partial charge in [0, 0.05) is 16.3 Å². The number of nitrogens with zero attached hydrogens (tertiary/aromatic N) is 2. The van der Waals surface area contributed by atoms with E-state index in [0.29, 0.717) is 12.5 Å². The van der Waals surface area contributed by atoms with Crippen molar-refractivity contribution >= 4 is 38.8 Å². The summed E-state index contributed by atoms with van der Waals surface area (Å²) in [7, 11) is 0. The molecule has 0 aromatic carbocycles. The van der Waals surface area contributed by atoms with E-state index in [2.05, 4.69) is 23.3 Å². The molecule has 3 heterocycles. The maximum atomic E-state index is 12.9. The second kappa shape index (κ2) is 7.32. The standard InChI is InChI=1S/C19H21N3O2S2/c1-12-4-5-14-15(9-12)26-18-17(14)19(24)22(11-21-18)10-16(23)20-7-6-13-3-2-8-25-13/h2-3,8,11-12H,4-7,9-10H2,1H3,(H,20,23)/t12-/m0/s1. The van der Waals surface area contributed by atoms with Crippen LogP contribution in [0.25, 0.3) is 10.2 Å². The number of fused-ring (bicyclic) bond motifs is 3. The van der Waals surface area contributed by atoms with Gasteiger partial charge in [0.1, 0.15) is 11.4 Å². The van der Waals surface area contributed by atoms with Gasteiger partial charge >= 0.3 is 0 Å². The molecule has 136 valence electrons. The zero-order chi connectivity index (χ0) is 18.1. The zero-order valence-electron chi connectivity index (χ0n) is 14.7. The van der Waals surface area contributed by atoms with Crippen LogP contribution in [-0.4, -0.2) is 22.0 Å². The summed E-state index contributed by atoms with van der Waals surface area (Å²) in [6, 6.07) is 4.06. The van der Waals surface area contributed by atoms with Crippen LogP contribution in [0.5, 0.6) is 0 Å². The molecule has 0 aliphatic heterocycles. The smallest absolute Gasteiger partial charge is 0.262 e. The lowest BCUT2D eigenvalue weighted by molar-refractivity contribution is -0.121. The van der Waals surface area contributed by atoms with Crippen molar-refractivity contribution in [3.8, 4) is 0 Å². The Balaban J connectivity index is 1.49. The molecular weight excluding hydrogens is 366 g/mol. The molecule has 7 heteroatoms. The number of carbonyl (C=O) groups excluding carboxylic acids is 1. The monoisotopic (exact) mass is 387 g/mol. The molecule has 0 saturated heterocycles. The van der Waals surface area contributed by atoms with Gasteiger partial charge in [-0.05, 0) is 48.6 Å². The Morgan fingerprint density at radius 2 is 2.35 bits per heavy atom. The van der Waals surface area contributed by atoms with Crippen LogP contribution in [-0.2, 0) is 30.6 Å². The number of hydrogen-bond acceptors (Lipinski definition) is 5. The minimum atomic E-state index is -0.150. The van der Waals surface area contributed by atoms with Crippen molar-refractivity contribution in [3.63, 3.8) is 0 Å². The fourth-order valence-electron chi connectivity index (χ4n) is 3.47. The topological polar surface area (TPSA) is 64.0 Å². The average molecular weight is 388 g/mol. The number of carbonyl (C=O) groups is 1. The molecule has 1 atom stereocenters. The molecule has 0 radical (unpaired) electrons. The van der Waals surface area contributed by atoms with E-state index >= 15 is 0 Å². The average Bonchev–Trinajstić information content (AvgIpc) is 3.24. The van der Waals surface area contributed by atoms with Gasteiger partial charge in [-0.15, -0.1) is 22.7 Å². The summed E-state index contributed by atoms with van der Waals surface area (Å²) < 4.78 is 1.44. The predicted octanol–water partition coefficient (Wildman–Crippen LogP) is 3.00. The van der Waals surface area contributed by atoms with Gasteiger partial charge in [-0.25, -0.2) is 4.98 Å². The van der Waals surface area contributed by atoms with Crippen LogP contribution in [0.15, 0.2) is 28.6 Å². The van der Waals surface area contributed by atoms with Gasteiger partial charge in [0.05, 0.1) is 11.7 Å². The normalized spacial score (nSPS) is 16.6. The Bertz CT molecular complexity index is 988. The number of nitrogens with one attached hydrogen (secondary N) is 1. The van der Waals surface area contributed by atoms with E-state index in [9.17, 15) is 9.59 Å². The van der Waals surface area contributed by atoms with Crippen molar-refractivity contribution in [1.82, 2.24) is 14.9 Å². The van der Waals surface area contributed by atoms with Crippen LogP contribution in [0.4, 0.5) is 0 Å². The summed E-state index contributed by atoms with van der Waals surface area (Å²) in [4.78, 5) is 32.9. The molecule has 0 spiro atoms. The molecule has 4 rings (SSSR count). The lowest BCUT2D eigenvalue weighted by atomic mass is 9.89. The van der Waals surface area contributed by atoms with Crippen LogP contribution in [0.1, 0.15) is 28.7 Å². The van der Waals surface area contributed by atoms with Crippen molar-refractivity contribution in [2.45, 2.75) is 39.2 Å². The van der Waals surface area contributed by atoms with Gasteiger partial charge in [-0.1, -0.05) is 13.0 Å². The van der Waals surface area contributed by atoms with E-state index in [1.807, 2.05) is 11.4 Å². The molecule has 1 aliphatic rings. The van der Waals surface area contributed by atoms with Crippen molar-refractivity contribution in [3.05, 3.63) is 49.5 Å². The predicted molar refractivity (Wildman–Crippen MR) is 106 cm³/mol. The summed E-state index contributed by atoms with van der Waals surface area (Å²) >= 11 is 3.31. The lowest BCUT2D eigenvalue weighted by Gasteiger charge is -2.17. The fourth-order valence-corrected chi connectivity index (χ4v) is 5.52. The summed E-state index contributed by atoms with van der Waals surface area (Å²) in [6.07, 6.45) is 5.39. The molecule has 3 aromatic heterocycles. The maximum absolute atomic E-state index is 12.9. The number of aryl methyl sites for hydroxylation is 1. The highest BCUT2D eigenvalue weighted by atomic mass is 32.1. The highest BCUT2D eigenvalue weighted by molar-refractivity contribution is 7.18. The molecule has 1 amide bonds. The SMILES string of the molecule is C[C@H]1CCc2c(sc3ncn(CC(=O)NCCc4cccs4)c(=O)c23)C1. The number of aromatic nitrogens is 2. The maximum Gasteiger partial charge on any atom is 0.262 e. The van der Waals surface area contributed by atoms with E-state index in [4.69, 9.17) is 0 Å². The highest BCUT2D eigenvalue weighted by Gasteiger charge is 2.23. The number of amides is 1. The van der Waals surface area contributed by atoms with Gasteiger partial charge in [0.25, 0.3) is 5.56 Å². The van der Waals surface area contributed by atoms with Gasteiger partial charge in [-0.3, -0.25) is 14.2 Å². The molecule has 0 bridgehead atoms. The first-order chi connectivity index (χ1) is 12.6. The molecular formula is C19H21N3O2S2. The first-order valence-corrected chi connectivity index (χ1v) is 10.6. The Hall–Kier alpha value is -1.99. The second-order valence-corrected chi connectivity index (χ2v) is 9.00. The Morgan fingerprint density at radius 3 is 3.15 bits per heavy atom. The quantitative estimate of drug-likeness (QED) is 0.732. The van der Waals surface area contributed by atoms with Gasteiger partial charge in [0.2, 0.25) is 5.91 Å². The third-order valence-corrected chi connectivity index (χ3v) is 6.97. The third kappa shape index (κ3) is 3.46. The molecule has 5 nitrogen and oxygen atoms in total. The Morgan fingerprint density at radius 1 is 1.46 bits per heavy atom. The largest absolute Gasteiger partial charge is 0.354 e. The van der Waals surface area contributed by atoms with E-state index < -0.39 is 0 Å². The van der Waals surface area contributed by atoms with Crippen molar-refractivity contribution in [2.75, 3.05) is 6.54 Å². The Labute approximate surface area is 159 Å². The van der Waals surface area contributed by atoms with Crippen LogP contribution in [0.2, 0.25) is 0 Å². The van der Waals surface area contributed by atoms with Gasteiger partial charge < -0.3 is 5.32 Å². The van der Waals surface area contributed by atoms with Crippen molar-refractivity contribution < 1.29 is 4.79 Å². The number of thiophene rings is 2. The molecule has 0 unspecified atom stereocenters. The van der Waals surface area contributed by atoms with Crippen LogP contribution >= 0.6 is 22.7 Å². The summed E-state index contributed by atoms with van der Waals surface area (Å²) in [5, 5.41) is 5.64. The first kappa shape index (κ1) is 17.4. The third-order valence-electron chi connectivity index (χ3n) is 4.87. The first-order valence-electron chi connectivity index (χ1n) is 8.90. The van der Waals surface area contributed by atoms with Gasteiger partial charge in [-0.2, -0.15) is 0 Å². The van der Waals surface area contributed by atoms with Crippen LogP contribution in [0.3, 0.4) is 0 Å². The van der Waals surface area contributed by atoms with E-state index in [0.717, 1.165) is 41.5 Å². The van der Waals surface area contributed by atoms with Crippen molar-refractivity contribution in [2.24, 2.45) is 5.92 Å². The molecule has 0 saturated carbocycles. The molecule has 3 aromatic rings. The van der Waals surface area contributed by atoms with E-state index in [1.165, 1.54) is 20.6 Å². The zero-order valence-corrected chi connectivity index (χ0v) is 16.3. The summed E-state index contributed by atoms with van der Waals surface area (Å²) in [5.41, 5.74) is 1.07. The minimum Gasteiger partial charge on any atom is -0.354 e. The van der Waals surface area contributed by atoms with E-state index in [1.54, 1.807) is 22.7 Å². The fraction of sp³-hybridized carbons (Fsp3) is 0.421. The van der Waals surface area contributed by atoms with Crippen LogP contribution < -0.4 is 10.9 Å². The van der Waals surface area contributed by atoms with Gasteiger partial charge in [0.15, 0.2) is 0 Å². The second-order valence-electron chi connectivity index (χ2n) is 6.89. The van der Waals surface area contributed by atoms with E-state index in [-0.39, 0.29) is 18.0 Å². The highest BCUT2D eigenvalue weighted by Crippen LogP contribution is 2.35. The minimum absolute atomic E-state index is 0.0211. The molecule has 1 aliphatic carbocycles. The molecule has 1 N–H and O–H groups in total. The van der Waals surface area contributed by atoms with Crippen LogP contribution in [0, 0.1) is 5.92 Å². The summed E-state index contributed by atoms with van der Waals surface area (Å²) in [5.74, 6) is 0.509. The molecule has 0 fully saturated rings. The number of hydrogen-bond donors (Lipinski definition) is 1. The lowest BCUT2D eigenvalue weighted by Crippen LogP contribution is -2.33. The Kier molecular flexibility index (Phi) is 4.91.